The summed E-state index contributed by atoms with van der Waals surface area (Å²) in [6.07, 6.45) is 3.15. The van der Waals surface area contributed by atoms with Crippen LogP contribution in [0.5, 0.6) is 0 Å². The second-order valence-electron chi connectivity index (χ2n) is 4.04. The van der Waals surface area contributed by atoms with Crippen LogP contribution in [0.4, 0.5) is 0 Å². The summed E-state index contributed by atoms with van der Waals surface area (Å²) in [4.78, 5) is 0. The quantitative estimate of drug-likeness (QED) is 0.795. The Kier molecular flexibility index (Phi) is 5.58. The first-order chi connectivity index (χ1) is 8.09. The van der Waals surface area contributed by atoms with E-state index in [0.29, 0.717) is 19.6 Å². The van der Waals surface area contributed by atoms with Crippen LogP contribution in [-0.4, -0.2) is 35.1 Å². The van der Waals surface area contributed by atoms with Gasteiger partial charge >= 0.3 is 0 Å². The second kappa shape index (κ2) is 6.49. The minimum atomic E-state index is -1.03. The van der Waals surface area contributed by atoms with Crippen molar-refractivity contribution in [3.05, 3.63) is 16.4 Å². The summed E-state index contributed by atoms with van der Waals surface area (Å²) in [7, 11) is 1.64. The van der Waals surface area contributed by atoms with Crippen LogP contribution < -0.4 is 5.73 Å². The fourth-order valence-corrected chi connectivity index (χ4v) is 2.57. The Morgan fingerprint density at radius 2 is 2.35 bits per heavy atom. The van der Waals surface area contributed by atoms with Crippen LogP contribution in [0.2, 0.25) is 0 Å². The maximum atomic E-state index is 10.6. The van der Waals surface area contributed by atoms with Crippen LogP contribution >= 0.6 is 15.9 Å². The van der Waals surface area contributed by atoms with Crippen molar-refractivity contribution >= 4 is 15.9 Å². The van der Waals surface area contributed by atoms with Gasteiger partial charge in [0, 0.05) is 13.7 Å². The van der Waals surface area contributed by atoms with Crippen LogP contribution in [0.15, 0.2) is 10.7 Å². The van der Waals surface area contributed by atoms with Crippen LogP contribution in [-0.2, 0) is 16.9 Å². The summed E-state index contributed by atoms with van der Waals surface area (Å²) in [5.41, 5.74) is 5.41. The number of nitrogens with zero attached hydrogens (tertiary/aromatic N) is 2. The summed E-state index contributed by atoms with van der Waals surface area (Å²) < 4.78 is 7.56. The van der Waals surface area contributed by atoms with E-state index in [1.807, 2.05) is 6.92 Å². The standard InChI is InChI=1S/C11H20BrN3O2/c1-3-4-11(16,8-13)10-9(12)7-14-15(10)5-6-17-2/h7,16H,3-6,8,13H2,1-2H3. The van der Waals surface area contributed by atoms with E-state index >= 15 is 0 Å². The third-order valence-corrected chi connectivity index (χ3v) is 3.32. The van der Waals surface area contributed by atoms with Gasteiger partial charge in [-0.15, -0.1) is 0 Å². The van der Waals surface area contributed by atoms with E-state index in [4.69, 9.17) is 10.5 Å². The summed E-state index contributed by atoms with van der Waals surface area (Å²) in [6, 6.07) is 0. The smallest absolute Gasteiger partial charge is 0.119 e. The molecule has 0 saturated carbocycles. The van der Waals surface area contributed by atoms with Crippen molar-refractivity contribution in [1.82, 2.24) is 9.78 Å². The molecule has 1 aromatic heterocycles. The zero-order chi connectivity index (χ0) is 12.9. The number of aliphatic hydroxyl groups is 1. The first kappa shape index (κ1) is 14.6. The van der Waals surface area contributed by atoms with Gasteiger partial charge in [-0.25, -0.2) is 0 Å². The third kappa shape index (κ3) is 3.28. The molecule has 1 heterocycles. The van der Waals surface area contributed by atoms with Gasteiger partial charge in [0.2, 0.25) is 0 Å². The lowest BCUT2D eigenvalue weighted by Gasteiger charge is -2.27. The van der Waals surface area contributed by atoms with E-state index < -0.39 is 5.60 Å². The molecule has 0 aliphatic heterocycles. The number of methoxy groups -OCH3 is 1. The number of ether oxygens (including phenoxy) is 1. The van der Waals surface area contributed by atoms with Crippen LogP contribution in [0.25, 0.3) is 0 Å². The highest BCUT2D eigenvalue weighted by Gasteiger charge is 2.32. The summed E-state index contributed by atoms with van der Waals surface area (Å²) in [6.45, 7) is 3.35. The average molecular weight is 306 g/mol. The van der Waals surface area contributed by atoms with Crippen LogP contribution in [0.1, 0.15) is 25.5 Å². The Labute approximate surface area is 110 Å². The van der Waals surface area contributed by atoms with Crippen LogP contribution in [0.3, 0.4) is 0 Å². The maximum absolute atomic E-state index is 10.6. The van der Waals surface area contributed by atoms with Crippen molar-refractivity contribution in [2.45, 2.75) is 31.9 Å². The van der Waals surface area contributed by atoms with Gasteiger partial charge in [-0.1, -0.05) is 13.3 Å². The molecular formula is C11H20BrN3O2. The fraction of sp³-hybridized carbons (Fsp3) is 0.727. The molecule has 0 aliphatic rings. The third-order valence-electron chi connectivity index (χ3n) is 2.74. The first-order valence-corrected chi connectivity index (χ1v) is 6.51. The van der Waals surface area contributed by atoms with Crippen LogP contribution in [0, 0.1) is 0 Å². The molecular weight excluding hydrogens is 286 g/mol. The Hall–Kier alpha value is -0.430. The van der Waals surface area contributed by atoms with E-state index in [9.17, 15) is 5.11 Å². The van der Waals surface area contributed by atoms with E-state index in [1.54, 1.807) is 18.0 Å². The van der Waals surface area contributed by atoms with Crippen molar-refractivity contribution < 1.29 is 9.84 Å². The second-order valence-corrected chi connectivity index (χ2v) is 4.90. The first-order valence-electron chi connectivity index (χ1n) is 5.72. The molecule has 98 valence electrons. The molecule has 1 aromatic rings. The lowest BCUT2D eigenvalue weighted by molar-refractivity contribution is 0.0247. The highest BCUT2D eigenvalue weighted by Crippen LogP contribution is 2.31. The van der Waals surface area contributed by atoms with E-state index in [0.717, 1.165) is 16.6 Å². The monoisotopic (exact) mass is 305 g/mol. The number of rotatable bonds is 7. The summed E-state index contributed by atoms with van der Waals surface area (Å²) in [5, 5.41) is 14.8. The summed E-state index contributed by atoms with van der Waals surface area (Å²) >= 11 is 3.42. The Morgan fingerprint density at radius 3 is 2.88 bits per heavy atom. The molecule has 5 nitrogen and oxygen atoms in total. The molecule has 0 bridgehead atoms. The van der Waals surface area contributed by atoms with Crippen molar-refractivity contribution in [1.29, 1.82) is 0 Å². The summed E-state index contributed by atoms with van der Waals surface area (Å²) in [5.74, 6) is 0. The lowest BCUT2D eigenvalue weighted by Crippen LogP contribution is -2.37. The Morgan fingerprint density at radius 1 is 1.65 bits per heavy atom. The van der Waals surface area contributed by atoms with Gasteiger partial charge in [0.05, 0.1) is 29.5 Å². The lowest BCUT2D eigenvalue weighted by atomic mass is 9.94. The number of nitrogens with two attached hydrogens (primary N) is 1. The highest BCUT2D eigenvalue weighted by molar-refractivity contribution is 9.10. The maximum Gasteiger partial charge on any atom is 0.119 e. The molecule has 1 unspecified atom stereocenters. The number of halogens is 1. The molecule has 0 amide bonds. The van der Waals surface area contributed by atoms with E-state index in [2.05, 4.69) is 21.0 Å². The molecule has 0 radical (unpaired) electrons. The fourth-order valence-electron chi connectivity index (χ4n) is 1.90. The number of hydrogen-bond donors (Lipinski definition) is 2. The highest BCUT2D eigenvalue weighted by atomic mass is 79.9. The van der Waals surface area contributed by atoms with Gasteiger partial charge < -0.3 is 15.6 Å². The van der Waals surface area contributed by atoms with Crippen molar-refractivity contribution in [2.75, 3.05) is 20.3 Å². The Bertz CT molecular complexity index is 356. The van der Waals surface area contributed by atoms with Crippen molar-refractivity contribution in [2.24, 2.45) is 5.73 Å². The van der Waals surface area contributed by atoms with E-state index in [1.165, 1.54) is 0 Å². The molecule has 0 spiro atoms. The number of hydrogen-bond acceptors (Lipinski definition) is 4. The molecule has 17 heavy (non-hydrogen) atoms. The molecule has 1 atom stereocenters. The molecule has 6 heteroatoms. The predicted octanol–water partition coefficient (Wildman–Crippen LogP) is 1.24. The SMILES string of the molecule is CCCC(O)(CN)c1c(Br)cnn1CCOC. The minimum absolute atomic E-state index is 0.179. The average Bonchev–Trinajstić information content (AvgIpc) is 2.68. The topological polar surface area (TPSA) is 73.3 Å². The Balaban J connectivity index is 3.04. The normalized spacial score (nSPS) is 14.9. The largest absolute Gasteiger partial charge is 0.383 e. The molecule has 0 aromatic carbocycles. The molecule has 0 saturated heterocycles. The van der Waals surface area contributed by atoms with E-state index in [-0.39, 0.29) is 6.54 Å². The van der Waals surface area contributed by atoms with Gasteiger partial charge in [0.25, 0.3) is 0 Å². The van der Waals surface area contributed by atoms with Gasteiger partial charge in [-0.05, 0) is 22.4 Å². The van der Waals surface area contributed by atoms with Crippen molar-refractivity contribution in [3.8, 4) is 0 Å². The zero-order valence-electron chi connectivity index (χ0n) is 10.3. The van der Waals surface area contributed by atoms with Gasteiger partial charge in [-0.2, -0.15) is 5.10 Å². The van der Waals surface area contributed by atoms with Gasteiger partial charge in [0.1, 0.15) is 5.60 Å². The molecule has 0 aliphatic carbocycles. The van der Waals surface area contributed by atoms with Gasteiger partial charge in [0.15, 0.2) is 0 Å². The zero-order valence-corrected chi connectivity index (χ0v) is 11.9. The van der Waals surface area contributed by atoms with Crippen molar-refractivity contribution in [3.63, 3.8) is 0 Å². The predicted molar refractivity (Wildman–Crippen MR) is 69.7 cm³/mol. The molecule has 0 fully saturated rings. The molecule has 3 N–H and O–H groups in total. The number of aromatic nitrogens is 2. The molecule has 1 rings (SSSR count). The minimum Gasteiger partial charge on any atom is -0.383 e. The van der Waals surface area contributed by atoms with Gasteiger partial charge in [-0.3, -0.25) is 4.68 Å².